The molecule has 0 amide bonds. The van der Waals surface area contributed by atoms with E-state index in [2.05, 4.69) is 30.7 Å². The Bertz CT molecular complexity index is 681. The van der Waals surface area contributed by atoms with Crippen molar-refractivity contribution >= 4 is 31.8 Å². The number of anilines is 1. The molecule has 2 aromatic heterocycles. The van der Waals surface area contributed by atoms with Crippen molar-refractivity contribution in [1.82, 2.24) is 14.8 Å². The minimum absolute atomic E-state index is 0.104. The first kappa shape index (κ1) is 13.0. The van der Waals surface area contributed by atoms with Crippen LogP contribution in [0.4, 0.5) is 5.82 Å². The smallest absolute Gasteiger partial charge is 0.266 e. The van der Waals surface area contributed by atoms with Gasteiger partial charge in [0.15, 0.2) is 0 Å². The zero-order valence-electron chi connectivity index (χ0n) is 9.75. The molecule has 0 aliphatic heterocycles. The molecule has 0 fully saturated rings. The van der Waals surface area contributed by atoms with Gasteiger partial charge in [-0.05, 0) is 34.5 Å². The molecule has 2 rings (SSSR count). The Morgan fingerprint density at radius 3 is 2.67 bits per heavy atom. The van der Waals surface area contributed by atoms with E-state index in [9.17, 15) is 8.42 Å². The molecule has 0 saturated heterocycles. The number of rotatable bonds is 3. The van der Waals surface area contributed by atoms with Gasteiger partial charge in [0, 0.05) is 23.9 Å². The second-order valence-electron chi connectivity index (χ2n) is 3.77. The maximum Gasteiger partial charge on any atom is 0.266 e. The summed E-state index contributed by atoms with van der Waals surface area (Å²) in [5.74, 6) is 0.277. The normalized spacial score (nSPS) is 11.5. The van der Waals surface area contributed by atoms with Crippen LogP contribution in [0.1, 0.15) is 5.56 Å². The van der Waals surface area contributed by atoms with Gasteiger partial charge in [0.1, 0.15) is 10.7 Å². The van der Waals surface area contributed by atoms with Crippen molar-refractivity contribution in [1.29, 1.82) is 0 Å². The summed E-state index contributed by atoms with van der Waals surface area (Å²) >= 11 is 3.30. The zero-order valence-corrected chi connectivity index (χ0v) is 12.2. The summed E-state index contributed by atoms with van der Waals surface area (Å²) in [5, 5.41) is 3.83. The van der Waals surface area contributed by atoms with Crippen LogP contribution >= 0.6 is 15.9 Å². The van der Waals surface area contributed by atoms with E-state index in [4.69, 9.17) is 0 Å². The number of aromatic nitrogens is 3. The molecule has 0 atom stereocenters. The van der Waals surface area contributed by atoms with E-state index in [1.807, 2.05) is 6.92 Å². The highest BCUT2D eigenvalue weighted by atomic mass is 79.9. The summed E-state index contributed by atoms with van der Waals surface area (Å²) in [7, 11) is -1.98. The van der Waals surface area contributed by atoms with Gasteiger partial charge in [0.2, 0.25) is 0 Å². The van der Waals surface area contributed by atoms with E-state index in [1.54, 1.807) is 19.3 Å². The third-order valence-electron chi connectivity index (χ3n) is 2.28. The van der Waals surface area contributed by atoms with Crippen LogP contribution in [0.25, 0.3) is 0 Å². The van der Waals surface area contributed by atoms with E-state index >= 15 is 0 Å². The molecule has 8 heteroatoms. The highest BCUT2D eigenvalue weighted by Gasteiger charge is 2.16. The molecule has 6 nitrogen and oxygen atoms in total. The lowest BCUT2D eigenvalue weighted by molar-refractivity contribution is 0.601. The lowest BCUT2D eigenvalue weighted by Crippen LogP contribution is -2.13. The molecule has 0 aromatic carbocycles. The van der Waals surface area contributed by atoms with Crippen molar-refractivity contribution in [3.63, 3.8) is 0 Å². The lowest BCUT2D eigenvalue weighted by Gasteiger charge is -2.06. The Hall–Kier alpha value is -1.41. The van der Waals surface area contributed by atoms with Gasteiger partial charge in [0.05, 0.1) is 6.20 Å². The van der Waals surface area contributed by atoms with Crippen molar-refractivity contribution < 1.29 is 8.42 Å². The minimum atomic E-state index is -3.63. The van der Waals surface area contributed by atoms with E-state index in [0.29, 0.717) is 0 Å². The lowest BCUT2D eigenvalue weighted by atomic mass is 10.3. The standard InChI is InChI=1S/C10H11BrN4O2S/c1-7-3-10(12-5-9(7)11)14-18(16,17)8-4-13-15(2)6-8/h3-6H,1-2H3,(H,12,14). The molecule has 0 aliphatic carbocycles. The SMILES string of the molecule is Cc1cc(NS(=O)(=O)c2cnn(C)c2)ncc1Br. The first-order valence-electron chi connectivity index (χ1n) is 5.02. The van der Waals surface area contributed by atoms with Crippen molar-refractivity contribution in [2.75, 3.05) is 4.72 Å². The predicted octanol–water partition coefficient (Wildman–Crippen LogP) is 1.69. The molecule has 2 aromatic rings. The number of hydrogen-bond donors (Lipinski definition) is 1. The molecule has 96 valence electrons. The van der Waals surface area contributed by atoms with E-state index in [1.165, 1.54) is 17.1 Å². The molecule has 18 heavy (non-hydrogen) atoms. The monoisotopic (exact) mass is 330 g/mol. The Morgan fingerprint density at radius 2 is 2.11 bits per heavy atom. The van der Waals surface area contributed by atoms with Crippen molar-refractivity contribution in [3.05, 3.63) is 34.7 Å². The topological polar surface area (TPSA) is 76.9 Å². The Kier molecular flexibility index (Phi) is 3.40. The predicted molar refractivity (Wildman–Crippen MR) is 70.7 cm³/mol. The number of hydrogen-bond acceptors (Lipinski definition) is 4. The van der Waals surface area contributed by atoms with Crippen molar-refractivity contribution in [2.45, 2.75) is 11.8 Å². The molecule has 0 saturated carbocycles. The third kappa shape index (κ3) is 2.70. The quantitative estimate of drug-likeness (QED) is 0.928. The summed E-state index contributed by atoms with van der Waals surface area (Å²) in [5.41, 5.74) is 0.897. The van der Waals surface area contributed by atoms with E-state index in [0.717, 1.165) is 10.0 Å². The molecule has 0 spiro atoms. The number of nitrogens with zero attached hydrogens (tertiary/aromatic N) is 3. The molecular formula is C10H11BrN4O2S. The van der Waals surface area contributed by atoms with Crippen LogP contribution in [0.15, 0.2) is 34.0 Å². The van der Waals surface area contributed by atoms with Crippen LogP contribution in [0.2, 0.25) is 0 Å². The van der Waals surface area contributed by atoms with E-state index < -0.39 is 10.0 Å². The largest absolute Gasteiger partial charge is 0.274 e. The third-order valence-corrected chi connectivity index (χ3v) is 4.42. The summed E-state index contributed by atoms with van der Waals surface area (Å²) in [6.45, 7) is 1.85. The number of sulfonamides is 1. The molecule has 1 N–H and O–H groups in total. The summed E-state index contributed by atoms with van der Waals surface area (Å²) < 4.78 is 28.6. The second-order valence-corrected chi connectivity index (χ2v) is 6.31. The van der Waals surface area contributed by atoms with Gasteiger partial charge in [-0.3, -0.25) is 9.40 Å². The highest BCUT2D eigenvalue weighted by molar-refractivity contribution is 9.10. The van der Waals surface area contributed by atoms with Crippen molar-refractivity contribution in [3.8, 4) is 0 Å². The van der Waals surface area contributed by atoms with Gasteiger partial charge in [-0.15, -0.1) is 0 Å². The fourth-order valence-electron chi connectivity index (χ4n) is 1.33. The summed E-state index contributed by atoms with van der Waals surface area (Å²) in [4.78, 5) is 4.10. The van der Waals surface area contributed by atoms with Crippen LogP contribution in [-0.2, 0) is 17.1 Å². The maximum absolute atomic E-state index is 12.0. The average molecular weight is 331 g/mol. The Morgan fingerprint density at radius 1 is 1.39 bits per heavy atom. The minimum Gasteiger partial charge on any atom is -0.274 e. The fraction of sp³-hybridized carbons (Fsp3) is 0.200. The number of aryl methyl sites for hydroxylation is 2. The summed E-state index contributed by atoms with van der Waals surface area (Å²) in [6, 6.07) is 1.65. The Labute approximate surface area is 113 Å². The highest BCUT2D eigenvalue weighted by Crippen LogP contribution is 2.19. The maximum atomic E-state index is 12.0. The number of pyridine rings is 1. The Balaban J connectivity index is 2.30. The van der Waals surface area contributed by atoms with Gasteiger partial charge in [0.25, 0.3) is 10.0 Å². The second kappa shape index (κ2) is 4.69. The molecule has 2 heterocycles. The first-order valence-corrected chi connectivity index (χ1v) is 7.30. The number of nitrogens with one attached hydrogen (secondary N) is 1. The van der Waals surface area contributed by atoms with Crippen molar-refractivity contribution in [2.24, 2.45) is 7.05 Å². The molecule has 0 radical (unpaired) electrons. The van der Waals surface area contributed by atoms with Gasteiger partial charge < -0.3 is 0 Å². The molecule has 0 bridgehead atoms. The number of halogens is 1. The van der Waals surface area contributed by atoms with Gasteiger partial charge in [-0.2, -0.15) is 5.10 Å². The van der Waals surface area contributed by atoms with Crippen LogP contribution in [-0.4, -0.2) is 23.2 Å². The zero-order chi connectivity index (χ0) is 13.3. The molecule has 0 unspecified atom stereocenters. The van der Waals surface area contributed by atoms with Crippen LogP contribution in [0, 0.1) is 6.92 Å². The van der Waals surface area contributed by atoms with Crippen LogP contribution < -0.4 is 4.72 Å². The summed E-state index contributed by atoms with van der Waals surface area (Å²) in [6.07, 6.45) is 4.26. The van der Waals surface area contributed by atoms with Gasteiger partial charge >= 0.3 is 0 Å². The van der Waals surface area contributed by atoms with E-state index in [-0.39, 0.29) is 10.7 Å². The van der Waals surface area contributed by atoms with Gasteiger partial charge in [-0.1, -0.05) is 0 Å². The molecular weight excluding hydrogens is 320 g/mol. The van der Waals surface area contributed by atoms with Gasteiger partial charge in [-0.25, -0.2) is 13.4 Å². The fourth-order valence-corrected chi connectivity index (χ4v) is 2.53. The molecule has 0 aliphatic rings. The van der Waals surface area contributed by atoms with Crippen LogP contribution in [0.3, 0.4) is 0 Å². The first-order chi connectivity index (χ1) is 8.38. The average Bonchev–Trinajstić information content (AvgIpc) is 2.71. The van der Waals surface area contributed by atoms with Crippen LogP contribution in [0.5, 0.6) is 0 Å².